The number of ether oxygens (including phenoxy) is 2. The molecule has 0 amide bonds. The average molecular weight is 543 g/mol. The molecule has 3 heteroatoms. The number of unbranched alkanes of at least 4 members (excludes halogenated alkanes) is 7. The van der Waals surface area contributed by atoms with Crippen molar-refractivity contribution in [3.63, 3.8) is 0 Å². The van der Waals surface area contributed by atoms with E-state index in [9.17, 15) is 4.79 Å². The number of hydrogen-bond donors (Lipinski definition) is 0. The van der Waals surface area contributed by atoms with Gasteiger partial charge in [0.25, 0.3) is 0 Å². The first-order valence-corrected chi connectivity index (χ1v) is 15.7. The Bertz CT molecular complexity index is 1120. The summed E-state index contributed by atoms with van der Waals surface area (Å²) in [4.78, 5) is 13.0. The van der Waals surface area contributed by atoms with Crippen LogP contribution in [0.4, 0.5) is 0 Å². The molecule has 2 unspecified atom stereocenters. The van der Waals surface area contributed by atoms with Crippen LogP contribution in [0.15, 0.2) is 72.8 Å². The number of hydrogen-bond acceptors (Lipinski definition) is 3. The van der Waals surface area contributed by atoms with E-state index < -0.39 is 0 Å². The van der Waals surface area contributed by atoms with Crippen molar-refractivity contribution in [2.45, 2.75) is 110 Å². The zero-order valence-corrected chi connectivity index (χ0v) is 25.3. The topological polar surface area (TPSA) is 35.5 Å². The highest BCUT2D eigenvalue weighted by molar-refractivity contribution is 5.91. The minimum atomic E-state index is -0.317. The second-order valence-electron chi connectivity index (χ2n) is 11.0. The van der Waals surface area contributed by atoms with Crippen LogP contribution < -0.4 is 4.74 Å². The van der Waals surface area contributed by atoms with Crippen molar-refractivity contribution >= 4 is 5.97 Å². The number of esters is 1. The van der Waals surface area contributed by atoms with Gasteiger partial charge >= 0.3 is 5.97 Å². The normalized spacial score (nSPS) is 12.7. The summed E-state index contributed by atoms with van der Waals surface area (Å²) in [5.41, 5.74) is 5.06. The van der Waals surface area contributed by atoms with Gasteiger partial charge in [0, 0.05) is 6.61 Å². The number of rotatable bonds is 18. The van der Waals surface area contributed by atoms with Crippen molar-refractivity contribution in [2.24, 2.45) is 0 Å². The van der Waals surface area contributed by atoms with Crippen molar-refractivity contribution in [2.75, 3.05) is 6.61 Å². The quantitative estimate of drug-likeness (QED) is 0.0911. The number of para-hydroxylation sites is 1. The molecule has 0 aromatic heterocycles. The Morgan fingerprint density at radius 1 is 0.700 bits per heavy atom. The summed E-state index contributed by atoms with van der Waals surface area (Å²) < 4.78 is 12.0. The van der Waals surface area contributed by atoms with E-state index >= 15 is 0 Å². The maximum atomic E-state index is 13.0. The van der Waals surface area contributed by atoms with Crippen molar-refractivity contribution in [3.8, 4) is 16.9 Å². The Kier molecular flexibility index (Phi) is 14.0. The van der Waals surface area contributed by atoms with Crippen LogP contribution in [0.5, 0.6) is 5.75 Å². The highest BCUT2D eigenvalue weighted by atomic mass is 16.5. The summed E-state index contributed by atoms with van der Waals surface area (Å²) in [5, 5.41) is 0. The smallest absolute Gasteiger partial charge is 0.343 e. The van der Waals surface area contributed by atoms with E-state index in [0.29, 0.717) is 17.2 Å². The van der Waals surface area contributed by atoms with Gasteiger partial charge in [-0.25, -0.2) is 4.79 Å². The summed E-state index contributed by atoms with van der Waals surface area (Å²) in [6.45, 7) is 9.59. The molecule has 0 fully saturated rings. The van der Waals surface area contributed by atoms with Gasteiger partial charge in [-0.15, -0.1) is 0 Å². The minimum absolute atomic E-state index is 0.0864. The Morgan fingerprint density at radius 3 is 1.93 bits per heavy atom. The first kappa shape index (κ1) is 31.6. The fraction of sp³-hybridized carbons (Fsp3) is 0.486. The highest BCUT2D eigenvalue weighted by Gasteiger charge is 2.17. The van der Waals surface area contributed by atoms with Crippen molar-refractivity contribution in [1.29, 1.82) is 0 Å². The molecule has 0 spiro atoms. The molecule has 0 bridgehead atoms. The fourth-order valence-corrected chi connectivity index (χ4v) is 5.34. The Labute approximate surface area is 243 Å². The largest absolute Gasteiger partial charge is 0.423 e. The van der Waals surface area contributed by atoms with Crippen LogP contribution in [-0.2, 0) is 4.74 Å². The number of benzene rings is 3. The van der Waals surface area contributed by atoms with Gasteiger partial charge in [0.05, 0.1) is 11.7 Å². The maximum Gasteiger partial charge on any atom is 0.343 e. The fourth-order valence-electron chi connectivity index (χ4n) is 5.34. The zero-order valence-electron chi connectivity index (χ0n) is 25.3. The van der Waals surface area contributed by atoms with Gasteiger partial charge in [0.15, 0.2) is 0 Å². The van der Waals surface area contributed by atoms with E-state index in [4.69, 9.17) is 9.47 Å². The van der Waals surface area contributed by atoms with Crippen molar-refractivity contribution in [1.82, 2.24) is 0 Å². The van der Waals surface area contributed by atoms with Crippen LogP contribution in [-0.4, -0.2) is 12.6 Å². The summed E-state index contributed by atoms with van der Waals surface area (Å²) >= 11 is 0. The lowest BCUT2D eigenvalue weighted by atomic mass is 9.91. The zero-order chi connectivity index (χ0) is 28.6. The van der Waals surface area contributed by atoms with E-state index in [-0.39, 0.29) is 12.1 Å². The lowest BCUT2D eigenvalue weighted by molar-refractivity contribution is 0.0627. The molecule has 3 rings (SSSR count). The molecule has 0 aliphatic rings. The van der Waals surface area contributed by atoms with Gasteiger partial charge in [0.2, 0.25) is 0 Å². The molecule has 0 aliphatic carbocycles. The SMILES string of the molecule is CCCCCCCCCCOC(C)c1ccc(-c2ccc(C(=O)Oc3ccccc3C(CC)CCC)cc2)cc1. The molecule has 3 aromatic rings. The molecule has 0 aliphatic heterocycles. The average Bonchev–Trinajstić information content (AvgIpc) is 2.99. The molecule has 216 valence electrons. The van der Waals surface area contributed by atoms with Gasteiger partial charge in [-0.2, -0.15) is 0 Å². The third kappa shape index (κ3) is 9.93. The molecule has 40 heavy (non-hydrogen) atoms. The molecule has 0 heterocycles. The Balaban J connectivity index is 1.50. The predicted molar refractivity (Wildman–Crippen MR) is 168 cm³/mol. The monoisotopic (exact) mass is 542 g/mol. The predicted octanol–water partition coefficient (Wildman–Crippen LogP) is 11.1. The molecular weight excluding hydrogens is 492 g/mol. The Hall–Kier alpha value is -2.91. The van der Waals surface area contributed by atoms with Crippen LogP contribution in [0.1, 0.15) is 132 Å². The summed E-state index contributed by atoms with van der Waals surface area (Å²) in [6, 6.07) is 24.2. The molecule has 0 N–H and O–H groups in total. The summed E-state index contributed by atoms with van der Waals surface area (Å²) in [5.74, 6) is 0.756. The van der Waals surface area contributed by atoms with E-state index in [1.165, 1.54) is 50.5 Å². The van der Waals surface area contributed by atoms with Gasteiger partial charge in [-0.05, 0) is 72.6 Å². The standard InChI is InChI=1S/C37H50O3/c1-5-8-9-10-11-12-13-16-28-39-29(4)31-20-22-32(23-21-31)33-24-26-34(27-25-33)37(38)40-36-19-15-14-18-35(36)30(7-3)17-6-2/h14-15,18-27,29-30H,5-13,16-17,28H2,1-4H3. The lowest BCUT2D eigenvalue weighted by Crippen LogP contribution is -2.11. The second-order valence-corrected chi connectivity index (χ2v) is 11.0. The van der Waals surface area contributed by atoms with Crippen molar-refractivity contribution in [3.05, 3.63) is 89.5 Å². The van der Waals surface area contributed by atoms with Crippen LogP contribution >= 0.6 is 0 Å². The van der Waals surface area contributed by atoms with Gasteiger partial charge in [-0.1, -0.05) is 127 Å². The second kappa shape index (κ2) is 17.7. The molecule has 3 aromatic carbocycles. The summed E-state index contributed by atoms with van der Waals surface area (Å²) in [6.07, 6.45) is 13.8. The molecule has 0 saturated carbocycles. The van der Waals surface area contributed by atoms with Gasteiger partial charge in [0.1, 0.15) is 5.75 Å². The molecule has 2 atom stereocenters. The number of carbonyl (C=O) groups excluding carboxylic acids is 1. The first-order chi connectivity index (χ1) is 19.6. The van der Waals surface area contributed by atoms with E-state index in [2.05, 4.69) is 58.0 Å². The third-order valence-corrected chi connectivity index (χ3v) is 7.89. The van der Waals surface area contributed by atoms with Crippen molar-refractivity contribution < 1.29 is 14.3 Å². The van der Waals surface area contributed by atoms with Gasteiger partial charge in [-0.3, -0.25) is 0 Å². The highest BCUT2D eigenvalue weighted by Crippen LogP contribution is 2.33. The molecule has 3 nitrogen and oxygen atoms in total. The number of carbonyl (C=O) groups is 1. The lowest BCUT2D eigenvalue weighted by Gasteiger charge is -2.18. The molecule has 0 saturated heterocycles. The van der Waals surface area contributed by atoms with Crippen LogP contribution in [0.25, 0.3) is 11.1 Å². The summed E-state index contributed by atoms with van der Waals surface area (Å²) in [7, 11) is 0. The van der Waals surface area contributed by atoms with E-state index in [1.54, 1.807) is 0 Å². The van der Waals surface area contributed by atoms with Crippen LogP contribution in [0.2, 0.25) is 0 Å². The molecular formula is C37H50O3. The first-order valence-electron chi connectivity index (χ1n) is 15.7. The van der Waals surface area contributed by atoms with E-state index in [0.717, 1.165) is 49.0 Å². The van der Waals surface area contributed by atoms with E-state index in [1.807, 2.05) is 42.5 Å². The minimum Gasteiger partial charge on any atom is -0.423 e. The van der Waals surface area contributed by atoms with Crippen LogP contribution in [0, 0.1) is 0 Å². The third-order valence-electron chi connectivity index (χ3n) is 7.89. The van der Waals surface area contributed by atoms with Crippen LogP contribution in [0.3, 0.4) is 0 Å². The van der Waals surface area contributed by atoms with Gasteiger partial charge < -0.3 is 9.47 Å². The maximum absolute atomic E-state index is 13.0. The molecule has 0 radical (unpaired) electrons. The Morgan fingerprint density at radius 2 is 1.30 bits per heavy atom.